The van der Waals surface area contributed by atoms with E-state index in [2.05, 4.69) is 5.10 Å². The van der Waals surface area contributed by atoms with Gasteiger partial charge in [0.15, 0.2) is 11.5 Å². The van der Waals surface area contributed by atoms with E-state index in [1.807, 2.05) is 39.1 Å². The van der Waals surface area contributed by atoms with Gasteiger partial charge < -0.3 is 14.6 Å². The van der Waals surface area contributed by atoms with Crippen LogP contribution in [0.3, 0.4) is 0 Å². The van der Waals surface area contributed by atoms with Crippen molar-refractivity contribution < 1.29 is 14.6 Å². The molecule has 0 radical (unpaired) electrons. The van der Waals surface area contributed by atoms with Crippen LogP contribution < -0.4 is 9.47 Å². The Morgan fingerprint density at radius 2 is 1.85 bits per heavy atom. The molecule has 0 saturated carbocycles. The van der Waals surface area contributed by atoms with Crippen LogP contribution in [0.1, 0.15) is 31.1 Å². The summed E-state index contributed by atoms with van der Waals surface area (Å²) in [6.45, 7) is 4.96. The average Bonchev–Trinajstić information content (AvgIpc) is 2.87. The molecular weight excluding hydrogens is 256 g/mol. The molecule has 1 N–H and O–H groups in total. The molecule has 0 saturated heterocycles. The minimum atomic E-state index is -0.724. The third-order valence-corrected chi connectivity index (χ3v) is 2.92. The number of hydrogen-bond acceptors (Lipinski definition) is 4. The minimum absolute atomic E-state index is 0.548. The van der Waals surface area contributed by atoms with Crippen LogP contribution in [-0.2, 0) is 7.05 Å². The van der Waals surface area contributed by atoms with Crippen molar-refractivity contribution in [1.29, 1.82) is 0 Å². The number of benzene rings is 1. The van der Waals surface area contributed by atoms with Gasteiger partial charge in [0.2, 0.25) is 0 Å². The van der Waals surface area contributed by atoms with Gasteiger partial charge in [-0.2, -0.15) is 5.10 Å². The first-order valence-corrected chi connectivity index (χ1v) is 6.71. The average molecular weight is 276 g/mol. The van der Waals surface area contributed by atoms with Gasteiger partial charge in [0, 0.05) is 18.8 Å². The molecule has 2 aromatic rings. The summed E-state index contributed by atoms with van der Waals surface area (Å²) in [6.07, 6.45) is 2.72. The summed E-state index contributed by atoms with van der Waals surface area (Å²) in [7, 11) is 1.82. The lowest BCUT2D eigenvalue weighted by Crippen LogP contribution is -2.02. The molecule has 0 amide bonds. The molecule has 0 bridgehead atoms. The van der Waals surface area contributed by atoms with E-state index in [1.54, 1.807) is 17.1 Å². The lowest BCUT2D eigenvalue weighted by Gasteiger charge is -2.14. The fourth-order valence-electron chi connectivity index (χ4n) is 2.01. The van der Waals surface area contributed by atoms with Gasteiger partial charge in [-0.3, -0.25) is 4.68 Å². The number of nitrogens with zero attached hydrogens (tertiary/aromatic N) is 2. The van der Waals surface area contributed by atoms with Crippen molar-refractivity contribution in [3.8, 4) is 11.5 Å². The fourth-order valence-corrected chi connectivity index (χ4v) is 2.01. The Bertz CT molecular complexity index is 566. The van der Waals surface area contributed by atoms with Gasteiger partial charge in [-0.15, -0.1) is 0 Å². The first-order chi connectivity index (χ1) is 9.65. The van der Waals surface area contributed by atoms with Crippen LogP contribution in [0.5, 0.6) is 11.5 Å². The van der Waals surface area contributed by atoms with Crippen molar-refractivity contribution in [1.82, 2.24) is 9.78 Å². The van der Waals surface area contributed by atoms with Gasteiger partial charge in [0.1, 0.15) is 6.10 Å². The second kappa shape index (κ2) is 6.43. The van der Waals surface area contributed by atoms with Crippen molar-refractivity contribution >= 4 is 0 Å². The summed E-state index contributed by atoms with van der Waals surface area (Å²) in [5, 5.41) is 14.4. The Kier molecular flexibility index (Phi) is 4.63. The van der Waals surface area contributed by atoms with Crippen molar-refractivity contribution in [3.05, 3.63) is 41.7 Å². The van der Waals surface area contributed by atoms with E-state index < -0.39 is 6.10 Å². The SMILES string of the molecule is CCOc1ccc(C(O)c2cnn(C)c2)cc1OCC. The molecule has 0 spiro atoms. The molecule has 0 fully saturated rings. The van der Waals surface area contributed by atoms with Crippen molar-refractivity contribution in [2.24, 2.45) is 7.05 Å². The van der Waals surface area contributed by atoms with E-state index in [0.717, 1.165) is 11.1 Å². The molecule has 1 aromatic carbocycles. The zero-order valence-electron chi connectivity index (χ0n) is 12.0. The van der Waals surface area contributed by atoms with Crippen LogP contribution in [-0.4, -0.2) is 28.1 Å². The lowest BCUT2D eigenvalue weighted by atomic mass is 10.0. The number of hydrogen-bond donors (Lipinski definition) is 1. The maximum absolute atomic E-state index is 10.4. The largest absolute Gasteiger partial charge is 0.490 e. The number of aliphatic hydroxyl groups is 1. The highest BCUT2D eigenvalue weighted by atomic mass is 16.5. The predicted octanol–water partition coefficient (Wildman–Crippen LogP) is 2.30. The molecule has 5 nitrogen and oxygen atoms in total. The van der Waals surface area contributed by atoms with Gasteiger partial charge in [-0.25, -0.2) is 0 Å². The normalized spacial score (nSPS) is 12.2. The van der Waals surface area contributed by atoms with E-state index >= 15 is 0 Å². The van der Waals surface area contributed by atoms with Crippen molar-refractivity contribution in [2.45, 2.75) is 20.0 Å². The van der Waals surface area contributed by atoms with Crippen LogP contribution in [0.4, 0.5) is 0 Å². The first-order valence-electron chi connectivity index (χ1n) is 6.71. The highest BCUT2D eigenvalue weighted by Gasteiger charge is 2.15. The van der Waals surface area contributed by atoms with Crippen LogP contribution in [0.15, 0.2) is 30.6 Å². The molecule has 5 heteroatoms. The van der Waals surface area contributed by atoms with Gasteiger partial charge >= 0.3 is 0 Å². The maximum atomic E-state index is 10.4. The van der Waals surface area contributed by atoms with E-state index in [-0.39, 0.29) is 0 Å². The molecular formula is C15H20N2O3. The highest BCUT2D eigenvalue weighted by molar-refractivity contribution is 5.45. The summed E-state index contributed by atoms with van der Waals surface area (Å²) in [5.41, 5.74) is 1.50. The lowest BCUT2D eigenvalue weighted by molar-refractivity contribution is 0.218. The first kappa shape index (κ1) is 14.4. The topological polar surface area (TPSA) is 56.5 Å². The fraction of sp³-hybridized carbons (Fsp3) is 0.400. The number of rotatable bonds is 6. The van der Waals surface area contributed by atoms with Crippen molar-refractivity contribution in [3.63, 3.8) is 0 Å². The molecule has 1 heterocycles. The van der Waals surface area contributed by atoms with Gasteiger partial charge in [-0.05, 0) is 31.5 Å². The van der Waals surface area contributed by atoms with E-state index in [0.29, 0.717) is 24.7 Å². The monoisotopic (exact) mass is 276 g/mol. The zero-order chi connectivity index (χ0) is 14.5. The quantitative estimate of drug-likeness (QED) is 0.879. The standard InChI is InChI=1S/C15H20N2O3/c1-4-19-13-7-6-11(8-14(13)20-5-2)15(18)12-9-16-17(3)10-12/h6-10,15,18H,4-5H2,1-3H3. The molecule has 0 aliphatic heterocycles. The van der Waals surface area contributed by atoms with Crippen molar-refractivity contribution in [2.75, 3.05) is 13.2 Å². The number of aromatic nitrogens is 2. The molecule has 108 valence electrons. The second-order valence-corrected chi connectivity index (χ2v) is 4.42. The highest BCUT2D eigenvalue weighted by Crippen LogP contribution is 2.32. The molecule has 0 aliphatic carbocycles. The summed E-state index contributed by atoms with van der Waals surface area (Å²) < 4.78 is 12.7. The van der Waals surface area contributed by atoms with Crippen LogP contribution in [0.25, 0.3) is 0 Å². The minimum Gasteiger partial charge on any atom is -0.490 e. The molecule has 1 atom stereocenters. The Balaban J connectivity index is 2.29. The summed E-state index contributed by atoms with van der Waals surface area (Å²) in [6, 6.07) is 5.47. The Morgan fingerprint density at radius 1 is 1.15 bits per heavy atom. The Hall–Kier alpha value is -2.01. The van der Waals surface area contributed by atoms with Crippen LogP contribution >= 0.6 is 0 Å². The smallest absolute Gasteiger partial charge is 0.161 e. The molecule has 1 aromatic heterocycles. The molecule has 0 aliphatic rings. The Labute approximate surface area is 118 Å². The van der Waals surface area contributed by atoms with Crippen LogP contribution in [0.2, 0.25) is 0 Å². The predicted molar refractivity (Wildman–Crippen MR) is 76.0 cm³/mol. The molecule has 20 heavy (non-hydrogen) atoms. The summed E-state index contributed by atoms with van der Waals surface area (Å²) >= 11 is 0. The van der Waals surface area contributed by atoms with E-state index in [1.165, 1.54) is 0 Å². The summed E-state index contributed by atoms with van der Waals surface area (Å²) in [4.78, 5) is 0. The van der Waals surface area contributed by atoms with E-state index in [4.69, 9.17) is 9.47 Å². The van der Waals surface area contributed by atoms with E-state index in [9.17, 15) is 5.11 Å². The van der Waals surface area contributed by atoms with Gasteiger partial charge in [0.25, 0.3) is 0 Å². The van der Waals surface area contributed by atoms with Gasteiger partial charge in [0.05, 0.1) is 19.4 Å². The third kappa shape index (κ3) is 3.11. The Morgan fingerprint density at radius 3 is 2.45 bits per heavy atom. The van der Waals surface area contributed by atoms with Gasteiger partial charge in [-0.1, -0.05) is 6.07 Å². The number of ether oxygens (including phenoxy) is 2. The molecule has 2 rings (SSSR count). The number of aryl methyl sites for hydroxylation is 1. The maximum Gasteiger partial charge on any atom is 0.161 e. The summed E-state index contributed by atoms with van der Waals surface area (Å²) in [5.74, 6) is 1.34. The number of aliphatic hydroxyl groups excluding tert-OH is 1. The zero-order valence-corrected chi connectivity index (χ0v) is 12.0. The van der Waals surface area contributed by atoms with Crippen LogP contribution in [0, 0.1) is 0 Å². The second-order valence-electron chi connectivity index (χ2n) is 4.42. The third-order valence-electron chi connectivity index (χ3n) is 2.92. The molecule has 1 unspecified atom stereocenters.